The van der Waals surface area contributed by atoms with Gasteiger partial charge in [-0.05, 0) is 25.0 Å². The summed E-state index contributed by atoms with van der Waals surface area (Å²) in [7, 11) is 0. The van der Waals surface area contributed by atoms with Crippen molar-refractivity contribution in [3.8, 4) is 5.75 Å². The lowest BCUT2D eigenvalue weighted by Gasteiger charge is -2.18. The predicted octanol–water partition coefficient (Wildman–Crippen LogP) is 4.26. The van der Waals surface area contributed by atoms with E-state index in [4.69, 9.17) is 16.3 Å². The Bertz CT molecular complexity index is 671. The first-order chi connectivity index (χ1) is 11.2. The molecule has 2 aromatic rings. The van der Waals surface area contributed by atoms with Crippen LogP contribution in [0.5, 0.6) is 5.75 Å². The number of anilines is 1. The van der Waals surface area contributed by atoms with E-state index < -0.39 is 0 Å². The van der Waals surface area contributed by atoms with Crippen LogP contribution in [0.2, 0.25) is 5.02 Å². The number of aromatic nitrogens is 2. The van der Waals surface area contributed by atoms with Gasteiger partial charge in [-0.25, -0.2) is 0 Å². The van der Waals surface area contributed by atoms with Crippen molar-refractivity contribution in [2.75, 3.05) is 11.9 Å². The van der Waals surface area contributed by atoms with Crippen LogP contribution >= 0.6 is 22.9 Å². The first-order valence-corrected chi connectivity index (χ1v) is 8.92. The van der Waals surface area contributed by atoms with Gasteiger partial charge in [0, 0.05) is 5.92 Å². The number of hydrogen-bond donors (Lipinski definition) is 1. The number of hydrogen-bond acceptors (Lipinski definition) is 5. The van der Waals surface area contributed by atoms with Crippen molar-refractivity contribution in [1.29, 1.82) is 0 Å². The summed E-state index contributed by atoms with van der Waals surface area (Å²) in [5.41, 5.74) is 0. The third kappa shape index (κ3) is 4.42. The van der Waals surface area contributed by atoms with E-state index in [1.165, 1.54) is 30.6 Å². The Hall–Kier alpha value is -1.66. The average Bonchev–Trinajstić information content (AvgIpc) is 3.03. The van der Waals surface area contributed by atoms with Gasteiger partial charge in [0.15, 0.2) is 6.61 Å². The summed E-state index contributed by atoms with van der Waals surface area (Å²) in [4.78, 5) is 11.9. The third-order valence-electron chi connectivity index (χ3n) is 3.84. The highest BCUT2D eigenvalue weighted by atomic mass is 35.5. The first-order valence-electron chi connectivity index (χ1n) is 7.73. The summed E-state index contributed by atoms with van der Waals surface area (Å²) in [6, 6.07) is 7.06. The zero-order chi connectivity index (χ0) is 16.1. The van der Waals surface area contributed by atoms with Gasteiger partial charge in [0.1, 0.15) is 10.8 Å². The number of benzene rings is 1. The molecule has 0 aliphatic heterocycles. The van der Waals surface area contributed by atoms with E-state index in [1.54, 1.807) is 18.2 Å². The quantitative estimate of drug-likeness (QED) is 0.874. The van der Waals surface area contributed by atoms with Crippen molar-refractivity contribution < 1.29 is 9.53 Å². The van der Waals surface area contributed by atoms with E-state index in [0.717, 1.165) is 17.8 Å². The molecule has 23 heavy (non-hydrogen) atoms. The van der Waals surface area contributed by atoms with E-state index in [2.05, 4.69) is 15.5 Å². The molecule has 1 saturated carbocycles. The maximum Gasteiger partial charge on any atom is 0.264 e. The van der Waals surface area contributed by atoms with Crippen LogP contribution in [0, 0.1) is 0 Å². The molecule has 0 spiro atoms. The highest BCUT2D eigenvalue weighted by Crippen LogP contribution is 2.35. The number of nitrogens with zero attached hydrogens (tertiary/aromatic N) is 2. The molecule has 3 rings (SSSR count). The summed E-state index contributed by atoms with van der Waals surface area (Å²) in [5.74, 6) is 0.715. The lowest BCUT2D eigenvalue weighted by molar-refractivity contribution is -0.118. The van der Waals surface area contributed by atoms with Gasteiger partial charge in [-0.15, -0.1) is 10.2 Å². The van der Waals surface area contributed by atoms with Crippen LogP contribution in [0.1, 0.15) is 43.0 Å². The minimum atomic E-state index is -0.267. The fourth-order valence-electron chi connectivity index (χ4n) is 2.66. The number of ether oxygens (including phenoxy) is 1. The highest BCUT2D eigenvalue weighted by molar-refractivity contribution is 7.15. The summed E-state index contributed by atoms with van der Waals surface area (Å²) < 4.78 is 5.41. The second-order valence-electron chi connectivity index (χ2n) is 5.55. The molecule has 122 valence electrons. The zero-order valence-corrected chi connectivity index (χ0v) is 14.2. The molecule has 1 aliphatic rings. The summed E-state index contributed by atoms with van der Waals surface area (Å²) in [5, 5.41) is 13.0. The molecular formula is C16H18ClN3O2S. The molecule has 7 heteroatoms. The van der Waals surface area contributed by atoms with Crippen molar-refractivity contribution in [3.05, 3.63) is 34.3 Å². The third-order valence-corrected chi connectivity index (χ3v) is 5.15. The smallest absolute Gasteiger partial charge is 0.264 e. The van der Waals surface area contributed by atoms with Crippen LogP contribution in [-0.2, 0) is 4.79 Å². The van der Waals surface area contributed by atoms with Crippen molar-refractivity contribution >= 4 is 34.0 Å². The largest absolute Gasteiger partial charge is 0.482 e. The molecule has 0 radical (unpaired) electrons. The zero-order valence-electron chi connectivity index (χ0n) is 12.6. The SMILES string of the molecule is O=C(COc1ccccc1Cl)Nc1nnc(C2CCCCC2)s1. The second-order valence-corrected chi connectivity index (χ2v) is 6.96. The molecule has 0 unspecified atom stereocenters. The van der Waals surface area contributed by atoms with E-state index in [-0.39, 0.29) is 12.5 Å². The molecule has 1 N–H and O–H groups in total. The van der Waals surface area contributed by atoms with Gasteiger partial charge in [-0.2, -0.15) is 0 Å². The standard InChI is InChI=1S/C16H18ClN3O2S/c17-12-8-4-5-9-13(12)22-10-14(21)18-16-20-19-15(23-16)11-6-2-1-3-7-11/h4-5,8-9,11H,1-3,6-7,10H2,(H,18,20,21). The van der Waals surface area contributed by atoms with Crippen molar-refractivity contribution in [2.45, 2.75) is 38.0 Å². The van der Waals surface area contributed by atoms with Crippen molar-refractivity contribution in [3.63, 3.8) is 0 Å². The van der Waals surface area contributed by atoms with Crippen molar-refractivity contribution in [1.82, 2.24) is 10.2 Å². The summed E-state index contributed by atoms with van der Waals surface area (Å²) in [6.45, 7) is -0.109. The molecule has 1 aromatic heterocycles. The van der Waals surface area contributed by atoms with E-state index in [1.807, 2.05) is 6.07 Å². The van der Waals surface area contributed by atoms with Crippen LogP contribution < -0.4 is 10.1 Å². The Balaban J connectivity index is 1.52. The highest BCUT2D eigenvalue weighted by Gasteiger charge is 2.20. The lowest BCUT2D eigenvalue weighted by Crippen LogP contribution is -2.20. The second kappa shape index (κ2) is 7.75. The average molecular weight is 352 g/mol. The Labute approximate surface area is 144 Å². The van der Waals surface area contributed by atoms with Crippen LogP contribution in [0.15, 0.2) is 24.3 Å². The molecule has 0 saturated heterocycles. The van der Waals surface area contributed by atoms with Gasteiger partial charge in [0.05, 0.1) is 5.02 Å². The molecule has 5 nitrogen and oxygen atoms in total. The van der Waals surface area contributed by atoms with Crippen LogP contribution in [0.3, 0.4) is 0 Å². The molecule has 1 heterocycles. The van der Waals surface area contributed by atoms with Crippen LogP contribution in [0.4, 0.5) is 5.13 Å². The minimum absolute atomic E-state index is 0.109. The maximum atomic E-state index is 11.9. The van der Waals surface area contributed by atoms with E-state index in [0.29, 0.717) is 21.8 Å². The molecule has 1 amide bonds. The number of carbonyl (C=O) groups is 1. The number of rotatable bonds is 5. The number of amides is 1. The van der Waals surface area contributed by atoms with Gasteiger partial charge in [0.2, 0.25) is 5.13 Å². The van der Waals surface area contributed by atoms with Gasteiger partial charge >= 0.3 is 0 Å². The summed E-state index contributed by atoms with van der Waals surface area (Å²) in [6.07, 6.45) is 6.13. The normalized spacial score (nSPS) is 15.3. The van der Waals surface area contributed by atoms with Gasteiger partial charge in [0.25, 0.3) is 5.91 Å². The van der Waals surface area contributed by atoms with Crippen molar-refractivity contribution in [2.24, 2.45) is 0 Å². The fraction of sp³-hybridized carbons (Fsp3) is 0.438. The number of carbonyl (C=O) groups excluding carboxylic acids is 1. The monoisotopic (exact) mass is 351 g/mol. The molecule has 0 bridgehead atoms. The van der Waals surface area contributed by atoms with E-state index >= 15 is 0 Å². The topological polar surface area (TPSA) is 64.1 Å². The fourth-order valence-corrected chi connectivity index (χ4v) is 3.78. The lowest BCUT2D eigenvalue weighted by atomic mass is 9.90. The summed E-state index contributed by atoms with van der Waals surface area (Å²) >= 11 is 7.44. The van der Waals surface area contributed by atoms with Gasteiger partial charge in [-0.3, -0.25) is 10.1 Å². The van der Waals surface area contributed by atoms with Gasteiger partial charge < -0.3 is 4.74 Å². The molecule has 1 aromatic carbocycles. The Morgan fingerprint density at radius 2 is 2.04 bits per heavy atom. The number of nitrogens with one attached hydrogen (secondary N) is 1. The Kier molecular flexibility index (Phi) is 5.46. The molecule has 1 aliphatic carbocycles. The predicted molar refractivity (Wildman–Crippen MR) is 91.3 cm³/mol. The molecule has 1 fully saturated rings. The first kappa shape index (κ1) is 16.2. The molecular weight excluding hydrogens is 334 g/mol. The van der Waals surface area contributed by atoms with E-state index in [9.17, 15) is 4.79 Å². The number of halogens is 1. The number of para-hydroxylation sites is 1. The molecule has 0 atom stereocenters. The van der Waals surface area contributed by atoms with Gasteiger partial charge in [-0.1, -0.05) is 54.3 Å². The maximum absolute atomic E-state index is 11.9. The Morgan fingerprint density at radius 1 is 1.26 bits per heavy atom. The van der Waals surface area contributed by atoms with Crippen LogP contribution in [-0.4, -0.2) is 22.7 Å². The Morgan fingerprint density at radius 3 is 2.83 bits per heavy atom. The van der Waals surface area contributed by atoms with Crippen LogP contribution in [0.25, 0.3) is 0 Å². The minimum Gasteiger partial charge on any atom is -0.482 e.